The number of benzene rings is 1. The molecule has 1 aromatic heterocycles. The molecule has 1 heterocycles. The Morgan fingerprint density at radius 1 is 1.40 bits per heavy atom. The lowest BCUT2D eigenvalue weighted by Gasteiger charge is -2.18. The minimum Gasteiger partial charge on any atom is -0.493 e. The Morgan fingerprint density at radius 3 is 3.10 bits per heavy atom. The van der Waals surface area contributed by atoms with Crippen molar-refractivity contribution in [2.45, 2.75) is 37.1 Å². The molecule has 2 unspecified atom stereocenters. The molecule has 1 saturated carbocycles. The number of methoxy groups -OCH3 is 1. The molecule has 1 fully saturated rings. The summed E-state index contributed by atoms with van der Waals surface area (Å²) in [6.45, 7) is 0.791. The summed E-state index contributed by atoms with van der Waals surface area (Å²) in [7, 11) is 1.68. The molecule has 1 aliphatic rings. The maximum absolute atomic E-state index is 5.92. The van der Waals surface area contributed by atoms with E-state index >= 15 is 0 Å². The molecular formula is C16H21NO2S. The largest absolute Gasteiger partial charge is 0.493 e. The third-order valence-corrected chi connectivity index (χ3v) is 5.24. The van der Waals surface area contributed by atoms with Crippen molar-refractivity contribution in [3.05, 3.63) is 30.0 Å². The molecule has 20 heavy (non-hydrogen) atoms. The molecule has 2 atom stereocenters. The van der Waals surface area contributed by atoms with Crippen LogP contribution in [0.2, 0.25) is 0 Å². The lowest BCUT2D eigenvalue weighted by Crippen LogP contribution is -2.33. The highest BCUT2D eigenvalue weighted by Crippen LogP contribution is 2.30. The first-order chi connectivity index (χ1) is 9.81. The first kappa shape index (κ1) is 13.8. The van der Waals surface area contributed by atoms with Crippen molar-refractivity contribution in [2.24, 2.45) is 0 Å². The molecule has 0 amide bonds. The summed E-state index contributed by atoms with van der Waals surface area (Å²) in [5, 5.41) is 5.49. The van der Waals surface area contributed by atoms with Gasteiger partial charge in [0.25, 0.3) is 0 Å². The van der Waals surface area contributed by atoms with E-state index < -0.39 is 0 Å². The highest BCUT2D eigenvalue weighted by Gasteiger charge is 2.26. The summed E-state index contributed by atoms with van der Waals surface area (Å²) in [5.74, 6) is 1.79. The summed E-state index contributed by atoms with van der Waals surface area (Å²) in [6, 6.07) is 8.71. The number of thioether (sulfide) groups is 1. The second-order valence-electron chi connectivity index (χ2n) is 5.28. The van der Waals surface area contributed by atoms with Crippen molar-refractivity contribution in [1.82, 2.24) is 5.32 Å². The van der Waals surface area contributed by atoms with Crippen molar-refractivity contribution < 1.29 is 9.15 Å². The second-order valence-corrected chi connectivity index (χ2v) is 6.36. The van der Waals surface area contributed by atoms with Crippen LogP contribution in [0.25, 0.3) is 11.0 Å². The predicted molar refractivity (Wildman–Crippen MR) is 84.5 cm³/mol. The highest BCUT2D eigenvalue weighted by molar-refractivity contribution is 7.99. The average Bonchev–Trinajstić information content (AvgIpc) is 3.10. The molecule has 1 aromatic carbocycles. The molecule has 0 aliphatic heterocycles. The quantitative estimate of drug-likeness (QED) is 0.908. The van der Waals surface area contributed by atoms with Gasteiger partial charge in [0.1, 0.15) is 5.76 Å². The molecule has 1 aliphatic carbocycles. The van der Waals surface area contributed by atoms with E-state index in [9.17, 15) is 0 Å². The Morgan fingerprint density at radius 2 is 2.30 bits per heavy atom. The minimum absolute atomic E-state index is 0.611. The lowest BCUT2D eigenvalue weighted by molar-refractivity contribution is 0.404. The molecule has 0 saturated heterocycles. The van der Waals surface area contributed by atoms with Crippen LogP contribution in [0.5, 0.6) is 5.75 Å². The van der Waals surface area contributed by atoms with E-state index in [1.165, 1.54) is 19.3 Å². The fourth-order valence-electron chi connectivity index (χ4n) is 3.01. The molecule has 0 bridgehead atoms. The number of para-hydroxylation sites is 1. The number of hydrogen-bond donors (Lipinski definition) is 1. The van der Waals surface area contributed by atoms with Crippen molar-refractivity contribution in [1.29, 1.82) is 0 Å². The Balaban J connectivity index is 1.72. The average molecular weight is 291 g/mol. The molecule has 4 heteroatoms. The molecule has 3 rings (SSSR count). The predicted octanol–water partition coefficient (Wildman–Crippen LogP) is 3.82. The Hall–Kier alpha value is -1.13. The van der Waals surface area contributed by atoms with Crippen LogP contribution in [0.4, 0.5) is 0 Å². The highest BCUT2D eigenvalue weighted by atomic mass is 32.2. The van der Waals surface area contributed by atoms with Gasteiger partial charge in [0.15, 0.2) is 11.3 Å². The monoisotopic (exact) mass is 291 g/mol. The number of hydrogen-bond acceptors (Lipinski definition) is 4. The van der Waals surface area contributed by atoms with Crippen LogP contribution in [0, 0.1) is 0 Å². The standard InChI is InChI=1S/C16H21NO2S/c1-18-14-7-3-5-11-9-12(19-16(11)14)10-17-13-6-4-8-15(13)20-2/h3,5,7,9,13,15,17H,4,6,8,10H2,1-2H3. The van der Waals surface area contributed by atoms with Crippen LogP contribution in [-0.4, -0.2) is 24.7 Å². The van der Waals surface area contributed by atoms with E-state index in [-0.39, 0.29) is 0 Å². The van der Waals surface area contributed by atoms with E-state index in [4.69, 9.17) is 9.15 Å². The summed E-state index contributed by atoms with van der Waals surface area (Å²) < 4.78 is 11.3. The number of nitrogens with one attached hydrogen (secondary N) is 1. The van der Waals surface area contributed by atoms with E-state index in [2.05, 4.69) is 23.7 Å². The lowest BCUT2D eigenvalue weighted by atomic mass is 10.2. The second kappa shape index (κ2) is 6.10. The van der Waals surface area contributed by atoms with Crippen LogP contribution in [0.15, 0.2) is 28.7 Å². The first-order valence-electron chi connectivity index (χ1n) is 7.13. The number of rotatable bonds is 5. The van der Waals surface area contributed by atoms with Gasteiger partial charge in [-0.15, -0.1) is 0 Å². The Bertz CT molecular complexity index is 581. The van der Waals surface area contributed by atoms with Crippen LogP contribution in [0.3, 0.4) is 0 Å². The van der Waals surface area contributed by atoms with Crippen LogP contribution >= 0.6 is 11.8 Å². The zero-order valence-corrected chi connectivity index (χ0v) is 12.8. The fraction of sp³-hybridized carbons (Fsp3) is 0.500. The van der Waals surface area contributed by atoms with Crippen molar-refractivity contribution in [2.75, 3.05) is 13.4 Å². The van der Waals surface area contributed by atoms with Crippen LogP contribution < -0.4 is 10.1 Å². The van der Waals surface area contributed by atoms with Gasteiger partial charge in [-0.25, -0.2) is 0 Å². The maximum atomic E-state index is 5.92. The van der Waals surface area contributed by atoms with Gasteiger partial charge in [0, 0.05) is 16.7 Å². The maximum Gasteiger partial charge on any atom is 0.176 e. The van der Waals surface area contributed by atoms with Gasteiger partial charge < -0.3 is 14.5 Å². The SMILES string of the molecule is COc1cccc2cc(CNC3CCCC3SC)oc12. The van der Waals surface area contributed by atoms with E-state index in [0.29, 0.717) is 6.04 Å². The first-order valence-corrected chi connectivity index (χ1v) is 8.42. The number of ether oxygens (including phenoxy) is 1. The minimum atomic E-state index is 0.611. The van der Waals surface area contributed by atoms with Crippen molar-refractivity contribution >= 4 is 22.7 Å². The van der Waals surface area contributed by atoms with E-state index in [1.807, 2.05) is 23.9 Å². The van der Waals surface area contributed by atoms with Gasteiger partial charge in [-0.1, -0.05) is 18.6 Å². The van der Waals surface area contributed by atoms with Crippen LogP contribution in [0.1, 0.15) is 25.0 Å². The van der Waals surface area contributed by atoms with Gasteiger partial charge in [0.05, 0.1) is 13.7 Å². The summed E-state index contributed by atoms with van der Waals surface area (Å²) in [5.41, 5.74) is 0.847. The third kappa shape index (κ3) is 2.67. The molecule has 3 nitrogen and oxygen atoms in total. The van der Waals surface area contributed by atoms with Gasteiger partial charge in [-0.05, 0) is 31.2 Å². The molecule has 1 N–H and O–H groups in total. The summed E-state index contributed by atoms with van der Waals surface area (Å²) >= 11 is 1.97. The smallest absolute Gasteiger partial charge is 0.176 e. The van der Waals surface area contributed by atoms with Crippen molar-refractivity contribution in [3.63, 3.8) is 0 Å². The molecular weight excluding hydrogens is 270 g/mol. The van der Waals surface area contributed by atoms with Crippen molar-refractivity contribution in [3.8, 4) is 5.75 Å². The van der Waals surface area contributed by atoms with E-state index in [0.717, 1.165) is 34.3 Å². The van der Waals surface area contributed by atoms with Gasteiger partial charge in [-0.2, -0.15) is 11.8 Å². The normalized spacial score (nSPS) is 22.5. The Labute approximate surface area is 124 Å². The van der Waals surface area contributed by atoms with E-state index in [1.54, 1.807) is 7.11 Å². The molecule has 0 radical (unpaired) electrons. The third-order valence-electron chi connectivity index (χ3n) is 4.07. The zero-order chi connectivity index (χ0) is 13.9. The zero-order valence-electron chi connectivity index (χ0n) is 12.0. The molecule has 2 aromatic rings. The number of fused-ring (bicyclic) bond motifs is 1. The van der Waals surface area contributed by atoms with Crippen LogP contribution in [-0.2, 0) is 6.54 Å². The molecule has 0 spiro atoms. The Kier molecular flexibility index (Phi) is 4.22. The van der Waals surface area contributed by atoms with Gasteiger partial charge in [0.2, 0.25) is 0 Å². The topological polar surface area (TPSA) is 34.4 Å². The van der Waals surface area contributed by atoms with Gasteiger partial charge in [-0.3, -0.25) is 0 Å². The summed E-state index contributed by atoms with van der Waals surface area (Å²) in [4.78, 5) is 0. The fourth-order valence-corrected chi connectivity index (χ4v) is 3.97. The summed E-state index contributed by atoms with van der Waals surface area (Å²) in [6.07, 6.45) is 6.13. The molecule has 108 valence electrons. The van der Waals surface area contributed by atoms with Gasteiger partial charge >= 0.3 is 0 Å². The number of furan rings is 1.